The Morgan fingerprint density at radius 2 is 1.72 bits per heavy atom. The maximum Gasteiger partial charge on any atom is 0.241 e. The quantitative estimate of drug-likeness (QED) is 0.902. The summed E-state index contributed by atoms with van der Waals surface area (Å²) in [4.78, 5) is 16.1. The Bertz CT molecular complexity index is 746. The number of hydrogen-bond acceptors (Lipinski definition) is 3. The smallest absolute Gasteiger partial charge is 0.241 e. The zero-order valence-electron chi connectivity index (χ0n) is 13.5. The predicted molar refractivity (Wildman–Crippen MR) is 95.1 cm³/mol. The summed E-state index contributed by atoms with van der Waals surface area (Å²) >= 11 is 5.72. The molecule has 1 N–H and O–H groups in total. The van der Waals surface area contributed by atoms with Crippen LogP contribution >= 0.6 is 11.6 Å². The first-order valence-electron chi connectivity index (χ1n) is 8.01. The molecule has 3 rings (SSSR count). The number of halogens is 3. The SMILES string of the molecule is O=C(CNc1cccc(Cl)c1F)N1CCN(c2ccc(F)cc2)CC1. The van der Waals surface area contributed by atoms with Gasteiger partial charge >= 0.3 is 0 Å². The Balaban J connectivity index is 1.51. The summed E-state index contributed by atoms with van der Waals surface area (Å²) in [5.74, 6) is -0.923. The van der Waals surface area contributed by atoms with Crippen LogP contribution < -0.4 is 10.2 Å². The standard InChI is InChI=1S/C18H18ClF2N3O/c19-15-2-1-3-16(18(15)21)22-12-17(25)24-10-8-23(9-11-24)14-6-4-13(20)5-7-14/h1-7,22H,8-12H2. The zero-order chi connectivity index (χ0) is 17.8. The van der Waals surface area contributed by atoms with Crippen molar-refractivity contribution in [3.05, 3.63) is 59.1 Å². The zero-order valence-corrected chi connectivity index (χ0v) is 14.3. The van der Waals surface area contributed by atoms with E-state index in [4.69, 9.17) is 11.6 Å². The van der Waals surface area contributed by atoms with Gasteiger partial charge in [0.05, 0.1) is 17.3 Å². The van der Waals surface area contributed by atoms with Crippen molar-refractivity contribution in [1.82, 2.24) is 4.90 Å². The monoisotopic (exact) mass is 365 g/mol. The van der Waals surface area contributed by atoms with Crippen LogP contribution in [0.2, 0.25) is 5.02 Å². The van der Waals surface area contributed by atoms with Gasteiger partial charge in [-0.25, -0.2) is 8.78 Å². The van der Waals surface area contributed by atoms with Gasteiger partial charge in [-0.3, -0.25) is 4.79 Å². The van der Waals surface area contributed by atoms with Gasteiger partial charge in [-0.2, -0.15) is 0 Å². The molecular weight excluding hydrogens is 348 g/mol. The number of nitrogens with one attached hydrogen (secondary N) is 1. The lowest BCUT2D eigenvalue weighted by atomic mass is 10.2. The third kappa shape index (κ3) is 4.20. The van der Waals surface area contributed by atoms with E-state index in [1.165, 1.54) is 18.2 Å². The molecule has 1 saturated heterocycles. The molecule has 0 saturated carbocycles. The second-order valence-electron chi connectivity index (χ2n) is 5.80. The molecule has 0 atom stereocenters. The Hall–Kier alpha value is -2.34. The van der Waals surface area contributed by atoms with Crippen molar-refractivity contribution in [3.8, 4) is 0 Å². The highest BCUT2D eigenvalue weighted by Gasteiger charge is 2.21. The molecule has 1 heterocycles. The van der Waals surface area contributed by atoms with Gasteiger partial charge in [-0.05, 0) is 36.4 Å². The first-order chi connectivity index (χ1) is 12.0. The van der Waals surface area contributed by atoms with Crippen molar-refractivity contribution < 1.29 is 13.6 Å². The van der Waals surface area contributed by atoms with Crippen molar-refractivity contribution in [3.63, 3.8) is 0 Å². The molecule has 1 aliphatic heterocycles. The largest absolute Gasteiger partial charge is 0.374 e. The lowest BCUT2D eigenvalue weighted by molar-refractivity contribution is -0.129. The number of amides is 1. The maximum atomic E-state index is 13.8. The molecule has 25 heavy (non-hydrogen) atoms. The summed E-state index contributed by atoms with van der Waals surface area (Å²) in [5.41, 5.74) is 1.15. The summed E-state index contributed by atoms with van der Waals surface area (Å²) in [5, 5.41) is 2.81. The van der Waals surface area contributed by atoms with Crippen LogP contribution in [0.15, 0.2) is 42.5 Å². The van der Waals surface area contributed by atoms with Gasteiger partial charge in [0.1, 0.15) is 5.82 Å². The normalized spacial score (nSPS) is 14.5. The highest BCUT2D eigenvalue weighted by Crippen LogP contribution is 2.22. The van der Waals surface area contributed by atoms with Crippen LogP contribution in [-0.2, 0) is 4.79 Å². The lowest BCUT2D eigenvalue weighted by Crippen LogP contribution is -2.50. The van der Waals surface area contributed by atoms with E-state index in [1.54, 1.807) is 29.2 Å². The summed E-state index contributed by atoms with van der Waals surface area (Å²) in [6, 6.07) is 10.9. The number of nitrogens with zero attached hydrogens (tertiary/aromatic N) is 2. The fraction of sp³-hybridized carbons (Fsp3) is 0.278. The molecule has 1 fully saturated rings. The average molecular weight is 366 g/mol. The van der Waals surface area contributed by atoms with Crippen molar-refractivity contribution >= 4 is 28.9 Å². The van der Waals surface area contributed by atoms with Gasteiger partial charge in [-0.1, -0.05) is 17.7 Å². The highest BCUT2D eigenvalue weighted by atomic mass is 35.5. The van der Waals surface area contributed by atoms with Crippen LogP contribution in [-0.4, -0.2) is 43.5 Å². The molecular formula is C18H18ClF2N3O. The minimum atomic E-state index is -0.557. The molecule has 0 unspecified atom stereocenters. The van der Waals surface area contributed by atoms with Crippen LogP contribution in [0.3, 0.4) is 0 Å². The van der Waals surface area contributed by atoms with E-state index in [-0.39, 0.29) is 29.0 Å². The van der Waals surface area contributed by atoms with Gasteiger partial charge in [0.25, 0.3) is 0 Å². The summed E-state index contributed by atoms with van der Waals surface area (Å²) in [6.07, 6.45) is 0. The second-order valence-corrected chi connectivity index (χ2v) is 6.21. The van der Waals surface area contributed by atoms with Gasteiger partial charge in [0, 0.05) is 31.9 Å². The summed E-state index contributed by atoms with van der Waals surface area (Å²) in [6.45, 7) is 2.48. The minimum Gasteiger partial charge on any atom is -0.374 e. The number of carbonyl (C=O) groups is 1. The molecule has 0 radical (unpaired) electrons. The van der Waals surface area contributed by atoms with E-state index >= 15 is 0 Å². The lowest BCUT2D eigenvalue weighted by Gasteiger charge is -2.36. The van der Waals surface area contributed by atoms with Gasteiger partial charge in [0.2, 0.25) is 5.91 Å². The molecule has 0 bridgehead atoms. The fourth-order valence-electron chi connectivity index (χ4n) is 2.79. The van der Waals surface area contributed by atoms with Crippen molar-refractivity contribution in [2.45, 2.75) is 0 Å². The third-order valence-corrected chi connectivity index (χ3v) is 4.50. The van der Waals surface area contributed by atoms with E-state index in [2.05, 4.69) is 10.2 Å². The Labute approximate surface area is 150 Å². The Kier molecular flexibility index (Phi) is 5.38. The van der Waals surface area contributed by atoms with Crippen LogP contribution in [0.4, 0.5) is 20.2 Å². The van der Waals surface area contributed by atoms with E-state index < -0.39 is 5.82 Å². The molecule has 0 aliphatic carbocycles. The van der Waals surface area contributed by atoms with Gasteiger partial charge < -0.3 is 15.1 Å². The van der Waals surface area contributed by atoms with Gasteiger partial charge in [0.15, 0.2) is 5.82 Å². The molecule has 7 heteroatoms. The summed E-state index contributed by atoms with van der Waals surface area (Å²) in [7, 11) is 0. The second kappa shape index (κ2) is 7.70. The maximum absolute atomic E-state index is 13.8. The summed E-state index contributed by atoms with van der Waals surface area (Å²) < 4.78 is 26.8. The number of rotatable bonds is 4. The minimum absolute atomic E-state index is 0.00775. The van der Waals surface area contributed by atoms with Crippen LogP contribution in [0.5, 0.6) is 0 Å². The first-order valence-corrected chi connectivity index (χ1v) is 8.38. The molecule has 1 aliphatic rings. The van der Waals surface area contributed by atoms with E-state index in [0.29, 0.717) is 26.2 Å². The number of carbonyl (C=O) groups excluding carboxylic acids is 1. The number of benzene rings is 2. The fourth-order valence-corrected chi connectivity index (χ4v) is 2.96. The molecule has 2 aromatic rings. The topological polar surface area (TPSA) is 35.6 Å². The number of hydrogen-bond donors (Lipinski definition) is 1. The van der Waals surface area contributed by atoms with Crippen LogP contribution in [0, 0.1) is 11.6 Å². The molecule has 2 aromatic carbocycles. The third-order valence-electron chi connectivity index (χ3n) is 4.21. The molecule has 0 aromatic heterocycles. The Morgan fingerprint density at radius 1 is 1.04 bits per heavy atom. The highest BCUT2D eigenvalue weighted by molar-refractivity contribution is 6.31. The van der Waals surface area contributed by atoms with Crippen molar-refractivity contribution in [1.29, 1.82) is 0 Å². The predicted octanol–water partition coefficient (Wildman–Crippen LogP) is 3.38. The van der Waals surface area contributed by atoms with Crippen LogP contribution in [0.1, 0.15) is 0 Å². The number of anilines is 2. The molecule has 0 spiro atoms. The van der Waals surface area contributed by atoms with E-state index in [0.717, 1.165) is 5.69 Å². The Morgan fingerprint density at radius 3 is 2.40 bits per heavy atom. The van der Waals surface area contributed by atoms with Gasteiger partial charge in [-0.15, -0.1) is 0 Å². The van der Waals surface area contributed by atoms with Crippen LogP contribution in [0.25, 0.3) is 0 Å². The van der Waals surface area contributed by atoms with E-state index in [9.17, 15) is 13.6 Å². The first kappa shape index (κ1) is 17.5. The number of piperazine rings is 1. The van der Waals surface area contributed by atoms with E-state index in [1.807, 2.05) is 0 Å². The average Bonchev–Trinajstić information content (AvgIpc) is 2.63. The van der Waals surface area contributed by atoms with Crippen molar-refractivity contribution in [2.24, 2.45) is 0 Å². The van der Waals surface area contributed by atoms with Crippen molar-refractivity contribution in [2.75, 3.05) is 42.9 Å². The molecule has 1 amide bonds. The molecule has 132 valence electrons. The molecule has 4 nitrogen and oxygen atoms in total.